The zero-order valence-electron chi connectivity index (χ0n) is 10.8. The largest absolute Gasteiger partial charge is 0.355 e. The summed E-state index contributed by atoms with van der Waals surface area (Å²) in [4.78, 5) is 11.0. The first-order chi connectivity index (χ1) is 9.58. The van der Waals surface area contributed by atoms with Crippen molar-refractivity contribution in [2.75, 3.05) is 10.6 Å². The normalized spacial score (nSPS) is 9.65. The lowest BCUT2D eigenvalue weighted by atomic mass is 10.2. The third-order valence-corrected chi connectivity index (χ3v) is 2.56. The van der Waals surface area contributed by atoms with Crippen LogP contribution in [0.5, 0.6) is 0 Å². The number of amides is 1. The fourth-order valence-corrected chi connectivity index (χ4v) is 1.73. The predicted molar refractivity (Wildman–Crippen MR) is 75.1 cm³/mol. The third-order valence-electron chi connectivity index (χ3n) is 2.56. The Bertz CT molecular complexity index is 692. The molecule has 0 bridgehead atoms. The van der Waals surface area contributed by atoms with Crippen LogP contribution in [0.3, 0.4) is 0 Å². The van der Waals surface area contributed by atoms with Crippen LogP contribution in [0.15, 0.2) is 42.5 Å². The Labute approximate surface area is 115 Å². The average molecular weight is 269 g/mol. The van der Waals surface area contributed by atoms with E-state index < -0.39 is 5.82 Å². The minimum Gasteiger partial charge on any atom is -0.355 e. The maximum atomic E-state index is 13.5. The number of nitrogens with zero attached hydrogens (tertiary/aromatic N) is 1. The van der Waals surface area contributed by atoms with Crippen molar-refractivity contribution in [2.24, 2.45) is 0 Å². The van der Waals surface area contributed by atoms with Gasteiger partial charge in [0.05, 0.1) is 5.56 Å². The molecule has 100 valence electrons. The van der Waals surface area contributed by atoms with Crippen molar-refractivity contribution in [2.45, 2.75) is 6.92 Å². The number of hydrogen-bond donors (Lipinski definition) is 2. The second kappa shape index (κ2) is 5.85. The van der Waals surface area contributed by atoms with Gasteiger partial charge in [0, 0.05) is 24.0 Å². The van der Waals surface area contributed by atoms with Gasteiger partial charge in [-0.15, -0.1) is 0 Å². The van der Waals surface area contributed by atoms with E-state index in [1.54, 1.807) is 36.4 Å². The van der Waals surface area contributed by atoms with Gasteiger partial charge in [0.2, 0.25) is 5.91 Å². The van der Waals surface area contributed by atoms with Crippen LogP contribution in [0.1, 0.15) is 12.5 Å². The molecule has 0 aliphatic heterocycles. The van der Waals surface area contributed by atoms with E-state index in [1.165, 1.54) is 19.1 Å². The van der Waals surface area contributed by atoms with Crippen molar-refractivity contribution >= 4 is 23.0 Å². The van der Waals surface area contributed by atoms with Gasteiger partial charge in [0.1, 0.15) is 11.9 Å². The standard InChI is InChI=1S/C15H12FN3O/c1-10(20)18-12-3-2-4-13(7-12)19-14-6-5-11(9-17)15(16)8-14/h2-8,19H,1H3,(H,18,20). The van der Waals surface area contributed by atoms with E-state index in [2.05, 4.69) is 10.6 Å². The van der Waals surface area contributed by atoms with E-state index >= 15 is 0 Å². The molecule has 2 aromatic carbocycles. The number of carbonyl (C=O) groups is 1. The minimum atomic E-state index is -0.574. The van der Waals surface area contributed by atoms with Crippen LogP contribution >= 0.6 is 0 Å². The van der Waals surface area contributed by atoms with Gasteiger partial charge < -0.3 is 10.6 Å². The summed E-state index contributed by atoms with van der Waals surface area (Å²) >= 11 is 0. The van der Waals surface area contributed by atoms with Crippen molar-refractivity contribution < 1.29 is 9.18 Å². The average Bonchev–Trinajstić information content (AvgIpc) is 2.38. The Kier molecular flexibility index (Phi) is 3.96. The maximum absolute atomic E-state index is 13.5. The van der Waals surface area contributed by atoms with Crippen molar-refractivity contribution in [3.05, 3.63) is 53.8 Å². The summed E-state index contributed by atoms with van der Waals surface area (Å²) in [5.74, 6) is -0.734. The highest BCUT2D eigenvalue weighted by Gasteiger charge is 2.03. The summed E-state index contributed by atoms with van der Waals surface area (Å²) in [7, 11) is 0. The molecule has 1 amide bonds. The molecule has 0 unspecified atom stereocenters. The van der Waals surface area contributed by atoms with Crippen molar-refractivity contribution in [3.63, 3.8) is 0 Å². The molecule has 0 spiro atoms. The third kappa shape index (κ3) is 3.33. The summed E-state index contributed by atoms with van der Waals surface area (Å²) in [6, 6.07) is 13.1. The van der Waals surface area contributed by atoms with Gasteiger partial charge >= 0.3 is 0 Å². The van der Waals surface area contributed by atoms with Crippen LogP contribution in [0, 0.1) is 17.1 Å². The second-order valence-corrected chi connectivity index (χ2v) is 4.19. The minimum absolute atomic E-state index is 0.00236. The molecule has 2 N–H and O–H groups in total. The smallest absolute Gasteiger partial charge is 0.221 e. The van der Waals surface area contributed by atoms with E-state index in [1.807, 2.05) is 0 Å². The predicted octanol–water partition coefficient (Wildman–Crippen LogP) is 3.40. The summed E-state index contributed by atoms with van der Waals surface area (Å²) < 4.78 is 13.5. The number of hydrogen-bond acceptors (Lipinski definition) is 3. The first-order valence-electron chi connectivity index (χ1n) is 5.93. The van der Waals surface area contributed by atoms with Gasteiger partial charge in [-0.05, 0) is 36.4 Å². The number of benzene rings is 2. The Balaban J connectivity index is 2.20. The summed E-state index contributed by atoms with van der Waals surface area (Å²) in [6.07, 6.45) is 0. The lowest BCUT2D eigenvalue weighted by molar-refractivity contribution is -0.114. The van der Waals surface area contributed by atoms with Crippen LogP contribution in [0.2, 0.25) is 0 Å². The van der Waals surface area contributed by atoms with Gasteiger partial charge in [0.15, 0.2) is 0 Å². The van der Waals surface area contributed by atoms with Crippen LogP contribution < -0.4 is 10.6 Å². The van der Waals surface area contributed by atoms with Gasteiger partial charge in [-0.1, -0.05) is 6.07 Å². The molecular weight excluding hydrogens is 257 g/mol. The molecule has 20 heavy (non-hydrogen) atoms. The Morgan fingerprint density at radius 3 is 2.50 bits per heavy atom. The van der Waals surface area contributed by atoms with E-state index in [-0.39, 0.29) is 11.5 Å². The lowest BCUT2D eigenvalue weighted by Crippen LogP contribution is -2.05. The van der Waals surface area contributed by atoms with Gasteiger partial charge in [-0.25, -0.2) is 4.39 Å². The first kappa shape index (κ1) is 13.6. The van der Waals surface area contributed by atoms with Crippen LogP contribution in [-0.2, 0) is 4.79 Å². The molecule has 0 atom stereocenters. The topological polar surface area (TPSA) is 64.9 Å². The fourth-order valence-electron chi connectivity index (χ4n) is 1.73. The Hall–Kier alpha value is -2.87. The molecule has 0 saturated carbocycles. The highest BCUT2D eigenvalue weighted by Crippen LogP contribution is 2.21. The molecule has 0 fully saturated rings. The van der Waals surface area contributed by atoms with Gasteiger partial charge in [-0.3, -0.25) is 4.79 Å². The molecule has 4 nitrogen and oxygen atoms in total. The number of rotatable bonds is 3. The SMILES string of the molecule is CC(=O)Nc1cccc(Nc2ccc(C#N)c(F)c2)c1. The van der Waals surface area contributed by atoms with E-state index in [9.17, 15) is 9.18 Å². The van der Waals surface area contributed by atoms with Crippen LogP contribution in [0.4, 0.5) is 21.5 Å². The molecule has 0 heterocycles. The number of carbonyl (C=O) groups excluding carboxylic acids is 1. The molecular formula is C15H12FN3O. The van der Waals surface area contributed by atoms with Crippen molar-refractivity contribution in [1.29, 1.82) is 5.26 Å². The number of halogens is 1. The molecule has 0 aliphatic carbocycles. The van der Waals surface area contributed by atoms with Gasteiger partial charge in [0.25, 0.3) is 0 Å². The van der Waals surface area contributed by atoms with E-state index in [0.717, 1.165) is 0 Å². The summed E-state index contributed by atoms with van der Waals surface area (Å²) in [5, 5.41) is 14.3. The molecule has 0 aromatic heterocycles. The van der Waals surface area contributed by atoms with Gasteiger partial charge in [-0.2, -0.15) is 5.26 Å². The number of nitriles is 1. The molecule has 2 aromatic rings. The summed E-state index contributed by atoms with van der Waals surface area (Å²) in [6.45, 7) is 1.43. The second-order valence-electron chi connectivity index (χ2n) is 4.19. The quantitative estimate of drug-likeness (QED) is 0.897. The molecule has 0 aliphatic rings. The monoisotopic (exact) mass is 269 g/mol. The maximum Gasteiger partial charge on any atom is 0.221 e. The molecule has 0 saturated heterocycles. The lowest BCUT2D eigenvalue weighted by Gasteiger charge is -2.09. The van der Waals surface area contributed by atoms with Crippen molar-refractivity contribution in [3.8, 4) is 6.07 Å². The van der Waals surface area contributed by atoms with E-state index in [4.69, 9.17) is 5.26 Å². The molecule has 5 heteroatoms. The fraction of sp³-hybridized carbons (Fsp3) is 0.0667. The van der Waals surface area contributed by atoms with Crippen LogP contribution in [0.25, 0.3) is 0 Å². The Morgan fingerprint density at radius 1 is 1.15 bits per heavy atom. The highest BCUT2D eigenvalue weighted by molar-refractivity contribution is 5.89. The molecule has 0 radical (unpaired) electrons. The highest BCUT2D eigenvalue weighted by atomic mass is 19.1. The van der Waals surface area contributed by atoms with Crippen molar-refractivity contribution in [1.82, 2.24) is 0 Å². The summed E-state index contributed by atoms with van der Waals surface area (Å²) in [5.41, 5.74) is 1.89. The van der Waals surface area contributed by atoms with E-state index in [0.29, 0.717) is 17.1 Å². The zero-order valence-corrected chi connectivity index (χ0v) is 10.8. The van der Waals surface area contributed by atoms with Crippen LogP contribution in [-0.4, -0.2) is 5.91 Å². The molecule has 2 rings (SSSR count). The number of anilines is 3. The first-order valence-corrected chi connectivity index (χ1v) is 5.93. The Morgan fingerprint density at radius 2 is 1.85 bits per heavy atom. The number of nitrogens with one attached hydrogen (secondary N) is 2. The zero-order chi connectivity index (χ0) is 14.5.